The van der Waals surface area contributed by atoms with Gasteiger partial charge in [-0.2, -0.15) is 13.2 Å². The molecule has 4 nitrogen and oxygen atoms in total. The van der Waals surface area contributed by atoms with Gasteiger partial charge in [-0.1, -0.05) is 13.8 Å². The fourth-order valence-corrected chi connectivity index (χ4v) is 1.16. The zero-order chi connectivity index (χ0) is 13.9. The minimum atomic E-state index is -4.49. The maximum Gasteiger partial charge on any atom is 0.433 e. The Kier molecular flexibility index (Phi) is 4.28. The van der Waals surface area contributed by atoms with E-state index in [4.69, 9.17) is 5.73 Å². The molecule has 18 heavy (non-hydrogen) atoms. The van der Waals surface area contributed by atoms with Crippen molar-refractivity contribution >= 4 is 11.6 Å². The molecule has 0 saturated heterocycles. The summed E-state index contributed by atoms with van der Waals surface area (Å²) in [7, 11) is 0. The molecule has 100 valence electrons. The van der Waals surface area contributed by atoms with Crippen molar-refractivity contribution in [3.05, 3.63) is 24.0 Å². The Morgan fingerprint density at radius 1 is 1.39 bits per heavy atom. The molecule has 0 aliphatic carbocycles. The normalized spacial score (nSPS) is 13.5. The summed E-state index contributed by atoms with van der Waals surface area (Å²) in [5.74, 6) is -0.515. The lowest BCUT2D eigenvalue weighted by molar-refractivity contribution is -0.141. The van der Waals surface area contributed by atoms with Crippen LogP contribution in [-0.2, 0) is 11.0 Å². The van der Waals surface area contributed by atoms with Gasteiger partial charge in [0, 0.05) is 0 Å². The Bertz CT molecular complexity index is 415. The molecule has 0 fully saturated rings. The first-order valence-corrected chi connectivity index (χ1v) is 5.31. The van der Waals surface area contributed by atoms with Gasteiger partial charge in [0.25, 0.3) is 0 Å². The highest BCUT2D eigenvalue weighted by Crippen LogP contribution is 2.27. The molecule has 0 saturated carbocycles. The number of halogens is 3. The van der Waals surface area contributed by atoms with Crippen molar-refractivity contribution in [1.29, 1.82) is 0 Å². The third-order valence-corrected chi connectivity index (χ3v) is 2.34. The Morgan fingerprint density at radius 2 is 2.00 bits per heavy atom. The first-order valence-electron chi connectivity index (χ1n) is 5.31. The van der Waals surface area contributed by atoms with Crippen LogP contribution in [0.3, 0.4) is 0 Å². The van der Waals surface area contributed by atoms with Crippen LogP contribution in [0.25, 0.3) is 0 Å². The Morgan fingerprint density at radius 3 is 2.39 bits per heavy atom. The minimum absolute atomic E-state index is 0.0626. The van der Waals surface area contributed by atoms with Crippen LogP contribution >= 0.6 is 0 Å². The number of nitrogens with one attached hydrogen (secondary N) is 1. The van der Waals surface area contributed by atoms with Gasteiger partial charge in [-0.25, -0.2) is 4.98 Å². The average molecular weight is 261 g/mol. The standard InChI is InChI=1S/C11H14F3N3O/c1-6(2)9(15)10(18)17-7-3-4-8(16-5-7)11(12,13)14/h3-6,9H,15H2,1-2H3,(H,17,18)/t9-/m0/s1. The van der Waals surface area contributed by atoms with Crippen molar-refractivity contribution in [1.82, 2.24) is 4.98 Å². The molecular weight excluding hydrogens is 247 g/mol. The second kappa shape index (κ2) is 5.34. The molecule has 0 spiro atoms. The number of pyridine rings is 1. The zero-order valence-corrected chi connectivity index (χ0v) is 9.95. The fourth-order valence-electron chi connectivity index (χ4n) is 1.16. The summed E-state index contributed by atoms with van der Waals surface area (Å²) in [6.45, 7) is 3.55. The second-order valence-corrected chi connectivity index (χ2v) is 4.19. The third-order valence-electron chi connectivity index (χ3n) is 2.34. The van der Waals surface area contributed by atoms with E-state index < -0.39 is 23.8 Å². The van der Waals surface area contributed by atoms with E-state index >= 15 is 0 Å². The van der Waals surface area contributed by atoms with E-state index in [0.29, 0.717) is 0 Å². The van der Waals surface area contributed by atoms with Crippen molar-refractivity contribution in [2.75, 3.05) is 5.32 Å². The molecule has 0 aliphatic rings. The molecule has 0 bridgehead atoms. The summed E-state index contributed by atoms with van der Waals surface area (Å²) in [5.41, 5.74) is 4.77. The monoisotopic (exact) mass is 261 g/mol. The lowest BCUT2D eigenvalue weighted by atomic mass is 10.1. The molecule has 1 aromatic rings. The van der Waals surface area contributed by atoms with Crippen molar-refractivity contribution < 1.29 is 18.0 Å². The van der Waals surface area contributed by atoms with Gasteiger partial charge in [-0.15, -0.1) is 0 Å². The maximum absolute atomic E-state index is 12.2. The van der Waals surface area contributed by atoms with Gasteiger partial charge in [0.15, 0.2) is 0 Å². The first kappa shape index (κ1) is 14.4. The van der Waals surface area contributed by atoms with Crippen LogP contribution in [0, 0.1) is 5.92 Å². The topological polar surface area (TPSA) is 68.0 Å². The number of rotatable bonds is 3. The van der Waals surface area contributed by atoms with Gasteiger partial charge in [0.05, 0.1) is 17.9 Å². The molecular formula is C11H14F3N3O. The Labute approximate surface area is 102 Å². The summed E-state index contributed by atoms with van der Waals surface area (Å²) in [6.07, 6.45) is -3.54. The number of aromatic nitrogens is 1. The molecule has 1 rings (SSSR count). The van der Waals surface area contributed by atoms with Gasteiger partial charge in [0.2, 0.25) is 5.91 Å². The number of carbonyl (C=O) groups excluding carboxylic acids is 1. The predicted octanol–water partition coefficient (Wildman–Crippen LogP) is 2.02. The number of nitrogens with zero attached hydrogens (tertiary/aromatic N) is 1. The van der Waals surface area contributed by atoms with Crippen molar-refractivity contribution in [2.45, 2.75) is 26.1 Å². The van der Waals surface area contributed by atoms with E-state index in [1.165, 1.54) is 0 Å². The summed E-state index contributed by atoms with van der Waals surface area (Å²) < 4.78 is 36.7. The van der Waals surface area contributed by atoms with Crippen LogP contribution in [0.15, 0.2) is 18.3 Å². The van der Waals surface area contributed by atoms with Crippen molar-refractivity contribution in [3.8, 4) is 0 Å². The van der Waals surface area contributed by atoms with Gasteiger partial charge in [-0.3, -0.25) is 4.79 Å². The molecule has 1 aromatic heterocycles. The van der Waals surface area contributed by atoms with Gasteiger partial charge in [-0.05, 0) is 18.1 Å². The van der Waals surface area contributed by atoms with E-state index in [2.05, 4.69) is 10.3 Å². The molecule has 0 aromatic carbocycles. The summed E-state index contributed by atoms with van der Waals surface area (Å²) in [4.78, 5) is 14.8. The first-order chi connectivity index (χ1) is 8.21. The number of anilines is 1. The molecule has 0 radical (unpaired) electrons. The highest BCUT2D eigenvalue weighted by atomic mass is 19.4. The highest BCUT2D eigenvalue weighted by molar-refractivity contribution is 5.94. The van der Waals surface area contributed by atoms with Crippen molar-refractivity contribution in [3.63, 3.8) is 0 Å². The SMILES string of the molecule is CC(C)[C@H](N)C(=O)Nc1ccc(C(F)(F)F)nc1. The van der Waals surface area contributed by atoms with E-state index in [9.17, 15) is 18.0 Å². The van der Waals surface area contributed by atoms with Crippen LogP contribution in [0.2, 0.25) is 0 Å². The van der Waals surface area contributed by atoms with Gasteiger partial charge >= 0.3 is 6.18 Å². The Hall–Kier alpha value is -1.63. The predicted molar refractivity (Wildman–Crippen MR) is 60.7 cm³/mol. The zero-order valence-electron chi connectivity index (χ0n) is 9.95. The molecule has 7 heteroatoms. The lowest BCUT2D eigenvalue weighted by Crippen LogP contribution is -2.39. The van der Waals surface area contributed by atoms with Gasteiger partial charge < -0.3 is 11.1 Å². The second-order valence-electron chi connectivity index (χ2n) is 4.19. The summed E-state index contributed by atoms with van der Waals surface area (Å²) in [5, 5.41) is 2.41. The van der Waals surface area contributed by atoms with Crippen LogP contribution in [0.4, 0.5) is 18.9 Å². The largest absolute Gasteiger partial charge is 0.433 e. The maximum atomic E-state index is 12.2. The summed E-state index contributed by atoms with van der Waals surface area (Å²) in [6, 6.07) is 1.23. The fraction of sp³-hybridized carbons (Fsp3) is 0.455. The number of nitrogens with two attached hydrogens (primary N) is 1. The minimum Gasteiger partial charge on any atom is -0.323 e. The van der Waals surface area contributed by atoms with E-state index in [0.717, 1.165) is 18.3 Å². The van der Waals surface area contributed by atoms with Gasteiger partial charge in [0.1, 0.15) is 5.69 Å². The number of amides is 1. The molecule has 1 amide bonds. The van der Waals surface area contributed by atoms with Crippen LogP contribution in [0.1, 0.15) is 19.5 Å². The Balaban J connectivity index is 2.73. The third kappa shape index (κ3) is 3.69. The number of hydrogen-bond donors (Lipinski definition) is 2. The lowest BCUT2D eigenvalue weighted by Gasteiger charge is -2.15. The number of carbonyl (C=O) groups is 1. The average Bonchev–Trinajstić information content (AvgIpc) is 2.27. The molecule has 1 atom stereocenters. The van der Waals surface area contributed by atoms with E-state index in [1.54, 1.807) is 13.8 Å². The van der Waals surface area contributed by atoms with Crippen LogP contribution in [0.5, 0.6) is 0 Å². The van der Waals surface area contributed by atoms with Crippen LogP contribution in [-0.4, -0.2) is 16.9 Å². The number of alkyl halides is 3. The smallest absolute Gasteiger partial charge is 0.323 e. The summed E-state index contributed by atoms with van der Waals surface area (Å²) >= 11 is 0. The van der Waals surface area contributed by atoms with E-state index in [1.807, 2.05) is 0 Å². The quantitative estimate of drug-likeness (QED) is 0.874. The van der Waals surface area contributed by atoms with Crippen LogP contribution < -0.4 is 11.1 Å². The molecule has 0 unspecified atom stereocenters. The highest BCUT2D eigenvalue weighted by Gasteiger charge is 2.32. The number of hydrogen-bond acceptors (Lipinski definition) is 3. The molecule has 3 N–H and O–H groups in total. The molecule has 0 aliphatic heterocycles. The van der Waals surface area contributed by atoms with E-state index in [-0.39, 0.29) is 11.6 Å². The van der Waals surface area contributed by atoms with Crippen molar-refractivity contribution in [2.24, 2.45) is 11.7 Å². The molecule has 1 heterocycles.